The van der Waals surface area contributed by atoms with Crippen LogP contribution in [0.25, 0.3) is 0 Å². The predicted octanol–water partition coefficient (Wildman–Crippen LogP) is 4.71. The minimum Gasteiger partial charge on any atom is -0.396 e. The Kier molecular flexibility index (Phi) is 4.13. The fraction of sp³-hybridized carbons (Fsp3) is 0. The van der Waals surface area contributed by atoms with Gasteiger partial charge in [0.2, 0.25) is 0 Å². The summed E-state index contributed by atoms with van der Waals surface area (Å²) in [6.45, 7) is 0. The van der Waals surface area contributed by atoms with E-state index in [-0.39, 0.29) is 22.1 Å². The van der Waals surface area contributed by atoms with Gasteiger partial charge >= 0.3 is 0 Å². The van der Waals surface area contributed by atoms with Crippen LogP contribution in [0.15, 0.2) is 34.8 Å². The molecule has 0 amide bonds. The summed E-state index contributed by atoms with van der Waals surface area (Å²) in [5.41, 5.74) is 5.98. The van der Waals surface area contributed by atoms with E-state index in [9.17, 15) is 9.18 Å². The molecule has 0 aliphatic rings. The van der Waals surface area contributed by atoms with Crippen LogP contribution in [0.2, 0.25) is 10.0 Å². The van der Waals surface area contributed by atoms with E-state index >= 15 is 0 Å². The van der Waals surface area contributed by atoms with Gasteiger partial charge < -0.3 is 5.73 Å². The molecule has 2 N–H and O–H groups in total. The molecular formula is C13H7BrCl2FNO. The van der Waals surface area contributed by atoms with E-state index < -0.39 is 5.82 Å². The van der Waals surface area contributed by atoms with Crippen LogP contribution < -0.4 is 5.73 Å². The van der Waals surface area contributed by atoms with Crippen molar-refractivity contribution >= 4 is 50.6 Å². The van der Waals surface area contributed by atoms with E-state index in [4.69, 9.17) is 28.9 Å². The van der Waals surface area contributed by atoms with Crippen LogP contribution in [0.5, 0.6) is 0 Å². The maximum atomic E-state index is 13.2. The Bertz CT molecular complexity index is 676. The molecule has 0 bridgehead atoms. The molecule has 0 spiro atoms. The average Bonchev–Trinajstić information content (AvgIpc) is 2.36. The van der Waals surface area contributed by atoms with E-state index in [1.165, 1.54) is 18.2 Å². The zero-order valence-electron chi connectivity index (χ0n) is 9.38. The monoisotopic (exact) mass is 361 g/mol. The van der Waals surface area contributed by atoms with E-state index in [0.29, 0.717) is 15.1 Å². The van der Waals surface area contributed by atoms with Gasteiger partial charge in [-0.15, -0.1) is 0 Å². The van der Waals surface area contributed by atoms with Crippen molar-refractivity contribution in [2.75, 3.05) is 5.73 Å². The molecule has 0 atom stereocenters. The number of halogens is 4. The summed E-state index contributed by atoms with van der Waals surface area (Å²) in [7, 11) is 0. The van der Waals surface area contributed by atoms with Crippen LogP contribution in [-0.2, 0) is 0 Å². The van der Waals surface area contributed by atoms with Crippen molar-refractivity contribution in [1.82, 2.24) is 0 Å². The fourth-order valence-electron chi connectivity index (χ4n) is 1.53. The number of ketones is 1. The topological polar surface area (TPSA) is 43.1 Å². The number of carbonyl (C=O) groups is 1. The number of hydrogen-bond acceptors (Lipinski definition) is 2. The Labute approximate surface area is 127 Å². The standard InChI is InChI=1S/C13H7BrCl2FNO/c14-8-5-11(17)12(18)4-7(8)13(19)6-1-2-9(15)10(16)3-6/h1-5H,18H2. The maximum Gasteiger partial charge on any atom is 0.194 e. The number of hydrogen-bond donors (Lipinski definition) is 1. The van der Waals surface area contributed by atoms with Crippen molar-refractivity contribution < 1.29 is 9.18 Å². The first kappa shape index (κ1) is 14.3. The number of rotatable bonds is 2. The number of nitrogens with two attached hydrogens (primary N) is 1. The van der Waals surface area contributed by atoms with Gasteiger partial charge in [-0.3, -0.25) is 4.79 Å². The summed E-state index contributed by atoms with van der Waals surface area (Å²) >= 11 is 14.8. The lowest BCUT2D eigenvalue weighted by Crippen LogP contribution is -2.04. The van der Waals surface area contributed by atoms with Crippen LogP contribution in [0, 0.1) is 5.82 Å². The van der Waals surface area contributed by atoms with E-state index in [2.05, 4.69) is 15.9 Å². The summed E-state index contributed by atoms with van der Waals surface area (Å²) in [4.78, 5) is 12.3. The molecule has 2 aromatic rings. The molecule has 0 saturated heterocycles. The van der Waals surface area contributed by atoms with Crippen molar-refractivity contribution in [2.24, 2.45) is 0 Å². The summed E-state index contributed by atoms with van der Waals surface area (Å²) < 4.78 is 13.6. The van der Waals surface area contributed by atoms with Crippen LogP contribution in [0.3, 0.4) is 0 Å². The fourth-order valence-corrected chi connectivity index (χ4v) is 2.33. The second-order valence-electron chi connectivity index (χ2n) is 3.81. The minimum atomic E-state index is -0.586. The van der Waals surface area contributed by atoms with E-state index in [1.54, 1.807) is 6.07 Å². The molecule has 2 rings (SSSR count). The molecule has 0 heterocycles. The highest BCUT2D eigenvalue weighted by Crippen LogP contribution is 2.28. The Morgan fingerprint density at radius 3 is 2.47 bits per heavy atom. The second kappa shape index (κ2) is 5.49. The third kappa shape index (κ3) is 2.91. The van der Waals surface area contributed by atoms with Gasteiger partial charge in [-0.1, -0.05) is 23.2 Å². The molecule has 0 radical (unpaired) electrons. The van der Waals surface area contributed by atoms with Gasteiger partial charge in [-0.25, -0.2) is 4.39 Å². The molecule has 0 saturated carbocycles. The van der Waals surface area contributed by atoms with Crippen molar-refractivity contribution in [1.29, 1.82) is 0 Å². The summed E-state index contributed by atoms with van der Waals surface area (Å²) in [6.07, 6.45) is 0. The van der Waals surface area contributed by atoms with Gasteiger partial charge in [0.1, 0.15) is 5.82 Å². The number of benzene rings is 2. The van der Waals surface area contributed by atoms with Gasteiger partial charge in [0.25, 0.3) is 0 Å². The van der Waals surface area contributed by atoms with Gasteiger partial charge in [-0.2, -0.15) is 0 Å². The Morgan fingerprint density at radius 1 is 1.16 bits per heavy atom. The van der Waals surface area contributed by atoms with Crippen LogP contribution in [-0.4, -0.2) is 5.78 Å². The third-order valence-corrected chi connectivity index (χ3v) is 3.91. The lowest BCUT2D eigenvalue weighted by atomic mass is 10.0. The third-order valence-electron chi connectivity index (χ3n) is 2.51. The molecule has 2 nitrogen and oxygen atoms in total. The van der Waals surface area contributed by atoms with Crippen molar-refractivity contribution in [3.63, 3.8) is 0 Å². The van der Waals surface area contributed by atoms with Gasteiger partial charge in [0.15, 0.2) is 5.78 Å². The zero-order chi connectivity index (χ0) is 14.2. The Hall–Kier alpha value is -1.10. The van der Waals surface area contributed by atoms with Crippen LogP contribution in [0.1, 0.15) is 15.9 Å². The highest BCUT2D eigenvalue weighted by molar-refractivity contribution is 9.10. The number of nitrogen functional groups attached to an aromatic ring is 1. The lowest BCUT2D eigenvalue weighted by Gasteiger charge is -2.07. The molecule has 0 unspecified atom stereocenters. The van der Waals surface area contributed by atoms with Crippen LogP contribution in [0.4, 0.5) is 10.1 Å². The first-order valence-corrected chi connectivity index (χ1v) is 6.69. The maximum absolute atomic E-state index is 13.2. The molecular weight excluding hydrogens is 356 g/mol. The SMILES string of the molecule is Nc1cc(C(=O)c2ccc(Cl)c(Cl)c2)c(Br)cc1F. The van der Waals surface area contributed by atoms with Crippen molar-refractivity contribution in [3.8, 4) is 0 Å². The Balaban J connectivity index is 2.49. The summed E-state index contributed by atoms with van der Waals surface area (Å²) in [5.74, 6) is -0.908. The normalized spacial score (nSPS) is 10.5. The molecule has 0 fully saturated rings. The predicted molar refractivity (Wildman–Crippen MR) is 78.4 cm³/mol. The molecule has 98 valence electrons. The zero-order valence-corrected chi connectivity index (χ0v) is 12.5. The second-order valence-corrected chi connectivity index (χ2v) is 5.48. The van der Waals surface area contributed by atoms with Crippen molar-refractivity contribution in [3.05, 3.63) is 61.8 Å². The van der Waals surface area contributed by atoms with E-state index in [1.807, 2.05) is 0 Å². The number of anilines is 1. The van der Waals surface area contributed by atoms with Crippen molar-refractivity contribution in [2.45, 2.75) is 0 Å². The van der Waals surface area contributed by atoms with Crippen LogP contribution >= 0.6 is 39.1 Å². The summed E-state index contributed by atoms with van der Waals surface area (Å²) in [6, 6.07) is 6.96. The largest absolute Gasteiger partial charge is 0.396 e. The smallest absolute Gasteiger partial charge is 0.194 e. The summed E-state index contributed by atoms with van der Waals surface area (Å²) in [5, 5.41) is 0.634. The molecule has 0 aliphatic carbocycles. The average molecular weight is 363 g/mol. The number of carbonyl (C=O) groups excluding carboxylic acids is 1. The van der Waals surface area contributed by atoms with Gasteiger partial charge in [0.05, 0.1) is 15.7 Å². The van der Waals surface area contributed by atoms with Gasteiger partial charge in [-0.05, 0) is 46.3 Å². The highest BCUT2D eigenvalue weighted by atomic mass is 79.9. The first-order chi connectivity index (χ1) is 8.90. The molecule has 0 aromatic heterocycles. The molecule has 2 aromatic carbocycles. The quantitative estimate of drug-likeness (QED) is 0.621. The molecule has 19 heavy (non-hydrogen) atoms. The highest BCUT2D eigenvalue weighted by Gasteiger charge is 2.16. The van der Waals surface area contributed by atoms with Gasteiger partial charge in [0, 0.05) is 15.6 Å². The minimum absolute atomic E-state index is 0.0911. The molecule has 0 aliphatic heterocycles. The van der Waals surface area contributed by atoms with E-state index in [0.717, 1.165) is 6.07 Å². The molecule has 6 heteroatoms. The first-order valence-electron chi connectivity index (χ1n) is 5.14. The lowest BCUT2D eigenvalue weighted by molar-refractivity contribution is 0.103. The Morgan fingerprint density at radius 2 is 1.84 bits per heavy atom.